The number of hydrogen-bond acceptors (Lipinski definition) is 4. The van der Waals surface area contributed by atoms with E-state index in [4.69, 9.17) is 0 Å². The first-order valence-electron chi connectivity index (χ1n) is 6.73. The fraction of sp³-hybridized carbons (Fsp3) is 0.538. The predicted octanol–water partition coefficient (Wildman–Crippen LogP) is 2.06. The number of nitro groups is 1. The Kier molecular flexibility index (Phi) is 3.25. The van der Waals surface area contributed by atoms with Crippen LogP contribution in [0.4, 0.5) is 5.69 Å². The summed E-state index contributed by atoms with van der Waals surface area (Å²) < 4.78 is 27.4. The molecule has 7 heteroatoms. The van der Waals surface area contributed by atoms with E-state index in [1.165, 1.54) is 30.7 Å². The number of nitrogens with zero attached hydrogens (tertiary/aromatic N) is 1. The van der Waals surface area contributed by atoms with Crippen LogP contribution in [0.2, 0.25) is 0 Å². The summed E-state index contributed by atoms with van der Waals surface area (Å²) in [6, 6.07) is 5.40. The number of rotatable bonds is 4. The summed E-state index contributed by atoms with van der Waals surface area (Å²) in [5, 5.41) is 10.9. The van der Waals surface area contributed by atoms with Crippen molar-refractivity contribution >= 4 is 15.7 Å². The van der Waals surface area contributed by atoms with Gasteiger partial charge in [0.05, 0.1) is 4.92 Å². The summed E-state index contributed by atoms with van der Waals surface area (Å²) in [4.78, 5) is 10.0. The molecule has 0 aliphatic heterocycles. The van der Waals surface area contributed by atoms with Crippen molar-refractivity contribution in [1.82, 2.24) is 4.72 Å². The van der Waals surface area contributed by atoms with Gasteiger partial charge in [-0.15, -0.1) is 0 Å². The van der Waals surface area contributed by atoms with E-state index in [0.29, 0.717) is 11.8 Å². The Labute approximate surface area is 117 Å². The third-order valence-electron chi connectivity index (χ3n) is 4.40. The van der Waals surface area contributed by atoms with Gasteiger partial charge in [0, 0.05) is 12.1 Å². The molecule has 1 N–H and O–H groups in total. The first-order chi connectivity index (χ1) is 9.47. The van der Waals surface area contributed by atoms with Gasteiger partial charge in [0.2, 0.25) is 10.0 Å². The Bertz CT molecular complexity index is 644. The molecule has 0 unspecified atom stereocenters. The Morgan fingerprint density at radius 3 is 2.55 bits per heavy atom. The molecule has 2 aliphatic rings. The second-order valence-electron chi connectivity index (χ2n) is 5.63. The lowest BCUT2D eigenvalue weighted by Gasteiger charge is -2.22. The van der Waals surface area contributed by atoms with Gasteiger partial charge in [-0.3, -0.25) is 10.1 Å². The molecule has 0 radical (unpaired) electrons. The van der Waals surface area contributed by atoms with Crippen molar-refractivity contribution < 1.29 is 13.3 Å². The molecule has 108 valence electrons. The van der Waals surface area contributed by atoms with Crippen LogP contribution in [0.1, 0.15) is 25.7 Å². The zero-order chi connectivity index (χ0) is 14.3. The highest BCUT2D eigenvalue weighted by Gasteiger charge is 2.42. The number of benzene rings is 1. The van der Waals surface area contributed by atoms with Gasteiger partial charge in [-0.1, -0.05) is 18.6 Å². The van der Waals surface area contributed by atoms with Gasteiger partial charge in [0.15, 0.2) is 4.90 Å². The van der Waals surface area contributed by atoms with Gasteiger partial charge in [-0.25, -0.2) is 13.1 Å². The lowest BCUT2D eigenvalue weighted by Crippen LogP contribution is -2.38. The van der Waals surface area contributed by atoms with Crippen molar-refractivity contribution in [3.8, 4) is 0 Å². The lowest BCUT2D eigenvalue weighted by atomic mass is 9.96. The standard InChI is InChI=1S/C13H16N2O4S/c16-15(17)12-3-1-2-4-13(12)20(18,19)14-11-8-9-5-6-10(11)7-9/h1-4,9-11,14H,5-8H2/t9-,10-,11-/m1/s1. The normalized spacial score (nSPS) is 28.7. The van der Waals surface area contributed by atoms with Crippen LogP contribution in [0.25, 0.3) is 0 Å². The molecule has 2 saturated carbocycles. The molecule has 20 heavy (non-hydrogen) atoms. The van der Waals surface area contributed by atoms with Gasteiger partial charge in [-0.05, 0) is 37.2 Å². The molecule has 1 aromatic carbocycles. The Morgan fingerprint density at radius 2 is 1.95 bits per heavy atom. The number of nitro benzene ring substituents is 1. The highest BCUT2D eigenvalue weighted by atomic mass is 32.2. The highest BCUT2D eigenvalue weighted by molar-refractivity contribution is 7.89. The second kappa shape index (κ2) is 4.82. The molecule has 0 aromatic heterocycles. The largest absolute Gasteiger partial charge is 0.289 e. The maximum Gasteiger partial charge on any atom is 0.289 e. The monoisotopic (exact) mass is 296 g/mol. The fourth-order valence-electron chi connectivity index (χ4n) is 3.49. The van der Waals surface area contributed by atoms with Crippen LogP contribution in [0.5, 0.6) is 0 Å². The van der Waals surface area contributed by atoms with E-state index in [1.54, 1.807) is 0 Å². The number of sulfonamides is 1. The van der Waals surface area contributed by atoms with Gasteiger partial charge >= 0.3 is 0 Å². The van der Waals surface area contributed by atoms with E-state index in [2.05, 4.69) is 4.72 Å². The minimum absolute atomic E-state index is 0.0708. The lowest BCUT2D eigenvalue weighted by molar-refractivity contribution is -0.387. The molecule has 0 amide bonds. The van der Waals surface area contributed by atoms with Crippen molar-refractivity contribution in [2.24, 2.45) is 11.8 Å². The van der Waals surface area contributed by atoms with Crippen LogP contribution < -0.4 is 4.72 Å². The third-order valence-corrected chi connectivity index (χ3v) is 5.93. The molecule has 0 heterocycles. The number of hydrogen-bond donors (Lipinski definition) is 1. The van der Waals surface area contributed by atoms with E-state index < -0.39 is 14.9 Å². The van der Waals surface area contributed by atoms with Crippen LogP contribution >= 0.6 is 0 Å². The molecule has 3 rings (SSSR count). The number of para-hydroxylation sites is 1. The summed E-state index contributed by atoms with van der Waals surface area (Å²) in [7, 11) is -3.83. The quantitative estimate of drug-likeness (QED) is 0.680. The third kappa shape index (κ3) is 2.31. The van der Waals surface area contributed by atoms with E-state index >= 15 is 0 Å². The molecule has 2 bridgehead atoms. The molecule has 1 aromatic rings. The van der Waals surface area contributed by atoms with Gasteiger partial charge in [-0.2, -0.15) is 0 Å². The van der Waals surface area contributed by atoms with E-state index in [-0.39, 0.29) is 16.6 Å². The first kappa shape index (κ1) is 13.5. The summed E-state index contributed by atoms with van der Waals surface area (Å²) >= 11 is 0. The first-order valence-corrected chi connectivity index (χ1v) is 8.21. The average Bonchev–Trinajstić information content (AvgIpc) is 3.00. The smallest absolute Gasteiger partial charge is 0.258 e. The number of nitrogens with one attached hydrogen (secondary N) is 1. The zero-order valence-electron chi connectivity index (χ0n) is 10.9. The summed E-state index contributed by atoms with van der Waals surface area (Å²) in [5.41, 5.74) is -0.372. The fourth-order valence-corrected chi connectivity index (χ4v) is 4.98. The van der Waals surface area contributed by atoms with Crippen molar-refractivity contribution in [2.45, 2.75) is 36.6 Å². The average molecular weight is 296 g/mol. The molecule has 6 nitrogen and oxygen atoms in total. The zero-order valence-corrected chi connectivity index (χ0v) is 11.7. The van der Waals surface area contributed by atoms with Crippen molar-refractivity contribution in [2.75, 3.05) is 0 Å². The van der Waals surface area contributed by atoms with Crippen molar-refractivity contribution in [3.05, 3.63) is 34.4 Å². The molecule has 2 fully saturated rings. The van der Waals surface area contributed by atoms with Crippen LogP contribution in [0.15, 0.2) is 29.2 Å². The van der Waals surface area contributed by atoms with E-state index in [0.717, 1.165) is 19.3 Å². The predicted molar refractivity (Wildman–Crippen MR) is 72.7 cm³/mol. The maximum absolute atomic E-state index is 12.4. The minimum Gasteiger partial charge on any atom is -0.258 e. The van der Waals surface area contributed by atoms with Gasteiger partial charge in [0.25, 0.3) is 5.69 Å². The topological polar surface area (TPSA) is 89.3 Å². The summed E-state index contributed by atoms with van der Waals surface area (Å²) in [6.07, 6.45) is 4.15. The number of fused-ring (bicyclic) bond motifs is 2. The van der Waals surface area contributed by atoms with Gasteiger partial charge in [0.1, 0.15) is 0 Å². The Balaban J connectivity index is 1.87. The molecule has 2 aliphatic carbocycles. The molecular weight excluding hydrogens is 280 g/mol. The maximum atomic E-state index is 12.4. The Hall–Kier alpha value is -1.47. The van der Waals surface area contributed by atoms with Gasteiger partial charge < -0.3 is 0 Å². The molecular formula is C13H16N2O4S. The second-order valence-corrected chi connectivity index (χ2v) is 7.31. The summed E-state index contributed by atoms with van der Waals surface area (Å²) in [6.45, 7) is 0. The van der Waals surface area contributed by atoms with E-state index in [1.807, 2.05) is 0 Å². The summed E-state index contributed by atoms with van der Waals surface area (Å²) in [5.74, 6) is 0.996. The van der Waals surface area contributed by atoms with Crippen LogP contribution in [-0.4, -0.2) is 19.4 Å². The van der Waals surface area contributed by atoms with Crippen LogP contribution in [0.3, 0.4) is 0 Å². The SMILES string of the molecule is O=[N+]([O-])c1ccccc1S(=O)(=O)N[C@@H]1C[C@@H]2CC[C@@H]1C2. The van der Waals surface area contributed by atoms with Crippen molar-refractivity contribution in [1.29, 1.82) is 0 Å². The minimum atomic E-state index is -3.83. The molecule has 3 atom stereocenters. The Morgan fingerprint density at radius 1 is 1.20 bits per heavy atom. The van der Waals surface area contributed by atoms with Crippen molar-refractivity contribution in [3.63, 3.8) is 0 Å². The van der Waals surface area contributed by atoms with E-state index in [9.17, 15) is 18.5 Å². The van der Waals surface area contributed by atoms with Crippen LogP contribution in [0, 0.1) is 22.0 Å². The highest BCUT2D eigenvalue weighted by Crippen LogP contribution is 2.45. The molecule has 0 saturated heterocycles. The van der Waals surface area contributed by atoms with Crippen LogP contribution in [-0.2, 0) is 10.0 Å². The molecule has 0 spiro atoms.